The number of piperidine rings is 1. The van der Waals surface area contributed by atoms with Crippen LogP contribution in [0.2, 0.25) is 0 Å². The van der Waals surface area contributed by atoms with Crippen LogP contribution in [0.5, 0.6) is 5.75 Å². The highest BCUT2D eigenvalue weighted by Crippen LogP contribution is 2.28. The molecule has 2 aromatic rings. The maximum atomic E-state index is 13.4. The summed E-state index contributed by atoms with van der Waals surface area (Å²) in [5, 5.41) is 5.52. The number of nitrogens with one attached hydrogen (secondary N) is 2. The second-order valence-corrected chi connectivity index (χ2v) is 11.4. The molecule has 10 heteroatoms. The number of pyridine rings is 1. The number of likely N-dealkylation sites (tertiary alicyclic amines) is 1. The van der Waals surface area contributed by atoms with Crippen LogP contribution in [0.1, 0.15) is 41.0 Å². The monoisotopic (exact) mass is 525 g/mol. The van der Waals surface area contributed by atoms with Crippen LogP contribution in [0.25, 0.3) is 0 Å². The van der Waals surface area contributed by atoms with E-state index in [0.717, 1.165) is 40.4 Å². The smallest absolute Gasteiger partial charge is 0.256 e. The first-order chi connectivity index (χ1) is 17.9. The first-order valence-electron chi connectivity index (χ1n) is 12.8. The highest BCUT2D eigenvalue weighted by atomic mass is 31.1. The van der Waals surface area contributed by atoms with Crippen LogP contribution in [-0.2, 0) is 4.79 Å². The lowest BCUT2D eigenvalue weighted by atomic mass is 9.91. The summed E-state index contributed by atoms with van der Waals surface area (Å²) in [6.45, 7) is 7.16. The lowest BCUT2D eigenvalue weighted by molar-refractivity contribution is -0.115. The Hall–Kier alpha value is -3.19. The average molecular weight is 526 g/mol. The molecule has 0 saturated carbocycles. The van der Waals surface area contributed by atoms with Crippen LogP contribution in [-0.4, -0.2) is 79.8 Å². The largest absolute Gasteiger partial charge is 0.497 e. The van der Waals surface area contributed by atoms with Gasteiger partial charge in [-0.1, -0.05) is 13.8 Å². The number of aromatic nitrogens is 1. The zero-order valence-electron chi connectivity index (χ0n) is 21.8. The third kappa shape index (κ3) is 6.77. The van der Waals surface area contributed by atoms with Crippen molar-refractivity contribution in [2.45, 2.75) is 20.3 Å². The Morgan fingerprint density at radius 2 is 1.81 bits per heavy atom. The first-order valence-corrected chi connectivity index (χ1v) is 14.2. The van der Waals surface area contributed by atoms with Gasteiger partial charge in [0.1, 0.15) is 11.6 Å². The molecule has 3 heterocycles. The summed E-state index contributed by atoms with van der Waals surface area (Å²) in [6.07, 6.45) is 4.96. The van der Waals surface area contributed by atoms with Crippen molar-refractivity contribution in [2.24, 2.45) is 11.8 Å². The van der Waals surface area contributed by atoms with Gasteiger partial charge in [-0.05, 0) is 60.9 Å². The Labute approximate surface area is 220 Å². The molecule has 3 amide bonds. The summed E-state index contributed by atoms with van der Waals surface area (Å²) in [7, 11) is 2.48. The number of benzene rings is 1. The minimum atomic E-state index is -0.419. The van der Waals surface area contributed by atoms with Crippen LogP contribution in [0.4, 0.5) is 11.5 Å². The SMILES string of the molecule is COc1ccc(NC(=O)CNC(=O)c2cccnc2N2CCPCC2)c(C(=O)N2CC(C)CC(C)C2)c1. The number of hydrogen-bond acceptors (Lipinski definition) is 6. The number of carbonyl (C=O) groups is 3. The molecule has 198 valence electrons. The fourth-order valence-corrected chi connectivity index (χ4v) is 6.19. The van der Waals surface area contributed by atoms with E-state index in [0.29, 0.717) is 53.3 Å². The van der Waals surface area contributed by atoms with Gasteiger partial charge >= 0.3 is 0 Å². The lowest BCUT2D eigenvalue weighted by Crippen LogP contribution is -2.43. The molecule has 2 aliphatic heterocycles. The quantitative estimate of drug-likeness (QED) is 0.539. The third-order valence-corrected chi connectivity index (χ3v) is 7.90. The van der Waals surface area contributed by atoms with Crippen molar-refractivity contribution >= 4 is 37.8 Å². The zero-order valence-corrected chi connectivity index (χ0v) is 22.8. The summed E-state index contributed by atoms with van der Waals surface area (Å²) < 4.78 is 5.33. The average Bonchev–Trinajstić information content (AvgIpc) is 2.91. The molecule has 2 unspecified atom stereocenters. The van der Waals surface area contributed by atoms with Gasteiger partial charge in [0.15, 0.2) is 0 Å². The van der Waals surface area contributed by atoms with Crippen molar-refractivity contribution in [3.8, 4) is 5.75 Å². The molecule has 0 radical (unpaired) electrons. The molecule has 1 aromatic heterocycles. The Kier molecular flexibility index (Phi) is 8.98. The second-order valence-electron chi connectivity index (χ2n) is 9.91. The van der Waals surface area contributed by atoms with Crippen molar-refractivity contribution in [1.82, 2.24) is 15.2 Å². The normalized spacial score (nSPS) is 19.8. The second kappa shape index (κ2) is 12.4. The van der Waals surface area contributed by atoms with E-state index in [1.165, 1.54) is 0 Å². The molecular formula is C27H36N5O4P. The van der Waals surface area contributed by atoms with Crippen molar-refractivity contribution in [3.05, 3.63) is 47.7 Å². The highest BCUT2D eigenvalue weighted by molar-refractivity contribution is 7.38. The maximum Gasteiger partial charge on any atom is 0.256 e. The van der Waals surface area contributed by atoms with Crippen molar-refractivity contribution < 1.29 is 19.1 Å². The number of methoxy groups -OCH3 is 1. The van der Waals surface area contributed by atoms with Crippen LogP contribution in [0.15, 0.2) is 36.5 Å². The van der Waals surface area contributed by atoms with Gasteiger partial charge in [0.2, 0.25) is 5.91 Å². The van der Waals surface area contributed by atoms with Gasteiger partial charge < -0.3 is 25.2 Å². The van der Waals surface area contributed by atoms with Gasteiger partial charge in [-0.15, -0.1) is 8.58 Å². The molecule has 37 heavy (non-hydrogen) atoms. The van der Waals surface area contributed by atoms with E-state index < -0.39 is 5.91 Å². The summed E-state index contributed by atoms with van der Waals surface area (Å²) in [6, 6.07) is 8.48. The lowest BCUT2D eigenvalue weighted by Gasteiger charge is -2.35. The minimum absolute atomic E-state index is 0.140. The number of nitrogens with zero attached hydrogens (tertiary/aromatic N) is 3. The first kappa shape index (κ1) is 26.9. The maximum absolute atomic E-state index is 13.4. The zero-order chi connectivity index (χ0) is 26.4. The van der Waals surface area contributed by atoms with E-state index in [4.69, 9.17) is 4.74 Å². The Bertz CT molecular complexity index is 1130. The molecule has 0 aliphatic carbocycles. The van der Waals surface area contributed by atoms with Gasteiger partial charge in [-0.25, -0.2) is 4.98 Å². The van der Waals surface area contributed by atoms with Gasteiger partial charge in [0.05, 0.1) is 30.5 Å². The van der Waals surface area contributed by atoms with Gasteiger partial charge in [0, 0.05) is 32.4 Å². The molecule has 0 spiro atoms. The van der Waals surface area contributed by atoms with E-state index in [1.54, 1.807) is 43.6 Å². The number of amides is 3. The Morgan fingerprint density at radius 1 is 1.08 bits per heavy atom. The number of hydrogen-bond donors (Lipinski definition) is 2. The van der Waals surface area contributed by atoms with E-state index in [2.05, 4.69) is 34.4 Å². The molecule has 2 fully saturated rings. The highest BCUT2D eigenvalue weighted by Gasteiger charge is 2.28. The summed E-state index contributed by atoms with van der Waals surface area (Å²) in [4.78, 5) is 47.6. The summed E-state index contributed by atoms with van der Waals surface area (Å²) in [5.41, 5.74) is 1.22. The molecule has 2 saturated heterocycles. The van der Waals surface area contributed by atoms with Gasteiger partial charge in [0.25, 0.3) is 11.8 Å². The third-order valence-electron chi connectivity index (χ3n) is 6.74. The number of anilines is 2. The fraction of sp³-hybridized carbons (Fsp3) is 0.481. The number of carbonyl (C=O) groups excluding carboxylic acids is 3. The van der Waals surface area contributed by atoms with Crippen molar-refractivity contribution in [1.29, 1.82) is 0 Å². The topological polar surface area (TPSA) is 104 Å². The van der Waals surface area contributed by atoms with E-state index in [1.807, 2.05) is 4.90 Å². The molecule has 2 atom stereocenters. The van der Waals surface area contributed by atoms with Crippen LogP contribution >= 0.6 is 8.58 Å². The van der Waals surface area contributed by atoms with Crippen molar-refractivity contribution in [2.75, 3.05) is 62.4 Å². The molecule has 1 aromatic carbocycles. The minimum Gasteiger partial charge on any atom is -0.497 e. The molecule has 0 bridgehead atoms. The predicted molar refractivity (Wildman–Crippen MR) is 147 cm³/mol. The molecule has 2 aliphatic rings. The number of rotatable bonds is 7. The standard InChI is InChI=1S/C27H36N5O4P/c1-18-13-19(2)17-32(16-18)27(35)22-14-20(36-3)6-7-23(22)30-24(33)15-29-26(34)21-5-4-8-28-25(21)31-9-11-37-12-10-31/h4-8,14,18-19,37H,9-13,15-17H2,1-3H3,(H,29,34)(H,30,33). The van der Waals surface area contributed by atoms with Gasteiger partial charge in [-0.2, -0.15) is 0 Å². The van der Waals surface area contributed by atoms with E-state index >= 15 is 0 Å². The Balaban J connectivity index is 1.43. The summed E-state index contributed by atoms with van der Waals surface area (Å²) in [5.74, 6) is 1.10. The van der Waals surface area contributed by atoms with E-state index in [9.17, 15) is 14.4 Å². The predicted octanol–water partition coefficient (Wildman–Crippen LogP) is 3.08. The Morgan fingerprint density at radius 3 is 2.51 bits per heavy atom. The van der Waals surface area contributed by atoms with Crippen LogP contribution in [0.3, 0.4) is 0 Å². The van der Waals surface area contributed by atoms with E-state index in [-0.39, 0.29) is 18.4 Å². The summed E-state index contributed by atoms with van der Waals surface area (Å²) >= 11 is 0. The molecular weight excluding hydrogens is 489 g/mol. The van der Waals surface area contributed by atoms with Crippen molar-refractivity contribution in [3.63, 3.8) is 0 Å². The number of ether oxygens (including phenoxy) is 1. The molecule has 4 rings (SSSR count). The molecule has 9 nitrogen and oxygen atoms in total. The molecule has 2 N–H and O–H groups in total. The van der Waals surface area contributed by atoms with Crippen LogP contribution < -0.4 is 20.3 Å². The van der Waals surface area contributed by atoms with Crippen LogP contribution in [0, 0.1) is 11.8 Å². The fourth-order valence-electron chi connectivity index (χ4n) is 5.09. The van der Waals surface area contributed by atoms with Gasteiger partial charge in [-0.3, -0.25) is 14.4 Å².